The van der Waals surface area contributed by atoms with Crippen LogP contribution in [0.5, 0.6) is 0 Å². The summed E-state index contributed by atoms with van der Waals surface area (Å²) in [6.07, 6.45) is 3.00. The van der Waals surface area contributed by atoms with Gasteiger partial charge in [0.15, 0.2) is 0 Å². The molecule has 2 rings (SSSR count). The van der Waals surface area contributed by atoms with Gasteiger partial charge in [-0.25, -0.2) is 0 Å². The van der Waals surface area contributed by atoms with Crippen molar-refractivity contribution in [2.24, 2.45) is 5.73 Å². The van der Waals surface area contributed by atoms with Gasteiger partial charge >= 0.3 is 0 Å². The molecule has 0 saturated carbocycles. The zero-order valence-electron chi connectivity index (χ0n) is 8.93. The first-order valence-electron chi connectivity index (χ1n) is 5.10. The Labute approximate surface area is 93.3 Å². The number of nitrogens with zero attached hydrogens (tertiary/aromatic N) is 2. The van der Waals surface area contributed by atoms with Crippen LogP contribution in [0.1, 0.15) is 42.8 Å². The maximum absolute atomic E-state index is 6.12. The molecule has 1 aromatic heterocycles. The van der Waals surface area contributed by atoms with Crippen molar-refractivity contribution in [2.45, 2.75) is 32.2 Å². The van der Waals surface area contributed by atoms with Crippen LogP contribution in [0.4, 0.5) is 0 Å². The number of hydrogen-bond donors (Lipinski definition) is 1. The number of nitrogens with two attached hydrogens (primary N) is 1. The maximum Gasteiger partial charge on any atom is 0.114 e. The zero-order valence-corrected chi connectivity index (χ0v) is 9.75. The molecule has 15 heavy (non-hydrogen) atoms. The van der Waals surface area contributed by atoms with Crippen molar-refractivity contribution in [3.05, 3.63) is 22.4 Å². The summed E-state index contributed by atoms with van der Waals surface area (Å²) >= 11 is 1.37. The second-order valence-electron chi connectivity index (χ2n) is 3.90. The Morgan fingerprint density at radius 1 is 1.53 bits per heavy atom. The van der Waals surface area contributed by atoms with Crippen LogP contribution in [0.25, 0.3) is 0 Å². The van der Waals surface area contributed by atoms with Crippen molar-refractivity contribution in [1.82, 2.24) is 9.59 Å². The molecule has 0 aromatic carbocycles. The first-order chi connectivity index (χ1) is 7.20. The highest BCUT2D eigenvalue weighted by molar-refractivity contribution is 7.05. The van der Waals surface area contributed by atoms with E-state index < -0.39 is 0 Å². The molecule has 0 radical (unpaired) electrons. The van der Waals surface area contributed by atoms with Gasteiger partial charge in [-0.1, -0.05) is 18.3 Å². The standard InChI is InChI=1S/C10H15N3OS/c1-6(2)9-10(15-13-12-9)8(11)7-4-3-5-14-7/h4,6,8H,3,5,11H2,1-2H3. The third-order valence-corrected chi connectivity index (χ3v) is 3.23. The predicted molar refractivity (Wildman–Crippen MR) is 59.6 cm³/mol. The molecule has 82 valence electrons. The lowest BCUT2D eigenvalue weighted by atomic mass is 10.1. The molecule has 0 amide bonds. The van der Waals surface area contributed by atoms with Gasteiger partial charge in [0.1, 0.15) is 11.8 Å². The quantitative estimate of drug-likeness (QED) is 0.854. The van der Waals surface area contributed by atoms with E-state index in [1.807, 2.05) is 0 Å². The number of hydrogen-bond acceptors (Lipinski definition) is 5. The van der Waals surface area contributed by atoms with Crippen LogP contribution < -0.4 is 5.73 Å². The zero-order chi connectivity index (χ0) is 10.8. The smallest absolute Gasteiger partial charge is 0.114 e. The molecule has 4 nitrogen and oxygen atoms in total. The van der Waals surface area contributed by atoms with E-state index in [4.69, 9.17) is 10.5 Å². The fourth-order valence-corrected chi connectivity index (χ4v) is 2.42. The molecule has 0 aliphatic carbocycles. The normalized spacial score (nSPS) is 17.7. The van der Waals surface area contributed by atoms with E-state index in [0.29, 0.717) is 5.92 Å². The lowest BCUT2D eigenvalue weighted by Crippen LogP contribution is -2.14. The molecule has 0 spiro atoms. The minimum Gasteiger partial charge on any atom is -0.496 e. The molecule has 1 unspecified atom stereocenters. The van der Waals surface area contributed by atoms with Crippen molar-refractivity contribution in [3.63, 3.8) is 0 Å². The lowest BCUT2D eigenvalue weighted by Gasteiger charge is -2.13. The van der Waals surface area contributed by atoms with E-state index in [1.165, 1.54) is 11.5 Å². The molecule has 5 heteroatoms. The summed E-state index contributed by atoms with van der Waals surface area (Å²) in [5.41, 5.74) is 7.11. The molecule has 2 N–H and O–H groups in total. The average Bonchev–Trinajstić information content (AvgIpc) is 2.88. The van der Waals surface area contributed by atoms with E-state index in [0.717, 1.165) is 29.4 Å². The molecule has 0 saturated heterocycles. The van der Waals surface area contributed by atoms with Gasteiger partial charge in [0.05, 0.1) is 17.2 Å². The Morgan fingerprint density at radius 2 is 2.33 bits per heavy atom. The second-order valence-corrected chi connectivity index (χ2v) is 4.68. The molecule has 1 aromatic rings. The van der Waals surface area contributed by atoms with Gasteiger partial charge < -0.3 is 10.5 Å². The monoisotopic (exact) mass is 225 g/mol. The van der Waals surface area contributed by atoms with Crippen LogP contribution in [-0.2, 0) is 4.74 Å². The fraction of sp³-hybridized carbons (Fsp3) is 0.600. The van der Waals surface area contributed by atoms with E-state index in [2.05, 4.69) is 29.5 Å². The van der Waals surface area contributed by atoms with Crippen LogP contribution in [-0.4, -0.2) is 16.2 Å². The molecule has 1 aliphatic heterocycles. The van der Waals surface area contributed by atoms with Gasteiger partial charge in [-0.15, -0.1) is 5.10 Å². The summed E-state index contributed by atoms with van der Waals surface area (Å²) in [5, 5.41) is 4.11. The van der Waals surface area contributed by atoms with Crippen LogP contribution in [0.2, 0.25) is 0 Å². The van der Waals surface area contributed by atoms with Crippen LogP contribution in [0, 0.1) is 0 Å². The van der Waals surface area contributed by atoms with E-state index in [-0.39, 0.29) is 6.04 Å². The van der Waals surface area contributed by atoms with Crippen LogP contribution in [0.3, 0.4) is 0 Å². The Bertz CT molecular complexity index is 372. The van der Waals surface area contributed by atoms with E-state index >= 15 is 0 Å². The van der Waals surface area contributed by atoms with Crippen molar-refractivity contribution in [2.75, 3.05) is 6.61 Å². The fourth-order valence-electron chi connectivity index (χ4n) is 1.60. The van der Waals surface area contributed by atoms with Crippen LogP contribution >= 0.6 is 11.5 Å². The minimum atomic E-state index is -0.190. The highest BCUT2D eigenvalue weighted by atomic mass is 32.1. The highest BCUT2D eigenvalue weighted by Gasteiger charge is 2.23. The summed E-state index contributed by atoms with van der Waals surface area (Å²) in [5.74, 6) is 1.22. The first-order valence-corrected chi connectivity index (χ1v) is 5.88. The molecule has 1 aliphatic rings. The van der Waals surface area contributed by atoms with Crippen molar-refractivity contribution in [3.8, 4) is 0 Å². The predicted octanol–water partition coefficient (Wildman–Crippen LogP) is 1.97. The second kappa shape index (κ2) is 4.28. The maximum atomic E-state index is 6.12. The van der Waals surface area contributed by atoms with Gasteiger partial charge in [0.25, 0.3) is 0 Å². The number of ether oxygens (including phenoxy) is 1. The summed E-state index contributed by atoms with van der Waals surface area (Å²) in [6.45, 7) is 4.93. The summed E-state index contributed by atoms with van der Waals surface area (Å²) in [7, 11) is 0. The Hall–Kier alpha value is -0.940. The summed E-state index contributed by atoms with van der Waals surface area (Å²) in [4.78, 5) is 1.03. The molecule has 0 bridgehead atoms. The van der Waals surface area contributed by atoms with Gasteiger partial charge in [-0.05, 0) is 23.5 Å². The van der Waals surface area contributed by atoms with E-state index in [9.17, 15) is 0 Å². The number of aromatic nitrogens is 2. The average molecular weight is 225 g/mol. The Kier molecular flexibility index (Phi) is 3.02. The first kappa shape index (κ1) is 10.6. The molecular formula is C10H15N3OS. The minimum absolute atomic E-state index is 0.190. The Balaban J connectivity index is 2.24. The van der Waals surface area contributed by atoms with Gasteiger partial charge in [-0.2, -0.15) is 0 Å². The highest BCUT2D eigenvalue weighted by Crippen LogP contribution is 2.31. The molecule has 1 atom stereocenters. The lowest BCUT2D eigenvalue weighted by molar-refractivity contribution is 0.225. The van der Waals surface area contributed by atoms with Crippen molar-refractivity contribution < 1.29 is 4.74 Å². The van der Waals surface area contributed by atoms with E-state index in [1.54, 1.807) is 0 Å². The van der Waals surface area contributed by atoms with Gasteiger partial charge in [-0.3, -0.25) is 0 Å². The molecule has 0 fully saturated rings. The molecule has 2 heterocycles. The third kappa shape index (κ3) is 2.03. The third-order valence-electron chi connectivity index (χ3n) is 2.41. The summed E-state index contributed by atoms with van der Waals surface area (Å²) < 4.78 is 9.43. The molecular weight excluding hydrogens is 210 g/mol. The van der Waals surface area contributed by atoms with Gasteiger partial charge in [0.2, 0.25) is 0 Å². The van der Waals surface area contributed by atoms with Crippen molar-refractivity contribution in [1.29, 1.82) is 0 Å². The van der Waals surface area contributed by atoms with Crippen molar-refractivity contribution >= 4 is 11.5 Å². The largest absolute Gasteiger partial charge is 0.496 e. The topological polar surface area (TPSA) is 61.0 Å². The van der Waals surface area contributed by atoms with Crippen LogP contribution in [0.15, 0.2) is 11.8 Å². The SMILES string of the molecule is CC(C)c1nnsc1C(N)C1=CCCO1. The summed E-state index contributed by atoms with van der Waals surface area (Å²) in [6, 6.07) is -0.190. The Morgan fingerprint density at radius 3 is 2.93 bits per heavy atom. The van der Waals surface area contributed by atoms with Gasteiger partial charge in [0, 0.05) is 6.42 Å². The number of rotatable bonds is 3.